The zero-order valence-corrected chi connectivity index (χ0v) is 23.9. The average molecular weight is 624 g/mol. The summed E-state index contributed by atoms with van der Waals surface area (Å²) in [4.78, 5) is 12.7. The molecule has 3 aliphatic heterocycles. The molecule has 0 bridgehead atoms. The number of ether oxygens (including phenoxy) is 4. The van der Waals surface area contributed by atoms with Crippen molar-refractivity contribution in [3.8, 4) is 0 Å². The molecular formula is C25H49N7O11. The van der Waals surface area contributed by atoms with E-state index in [1.807, 2.05) is 0 Å². The molecule has 0 aromatic heterocycles. The second kappa shape index (κ2) is 15.4. The Labute approximate surface area is 249 Å². The molecule has 0 aromatic carbocycles. The Morgan fingerprint density at radius 2 is 1.60 bits per heavy atom. The zero-order valence-electron chi connectivity index (χ0n) is 23.9. The standard InChI is InChI=1S/C25H49N7O11/c26-2-1-13(34)23(39)32-11-3-10(28)21(20(38)22(11)43-25-19(37)17(29)18(36)16(8-33)41-25)42-24-12(31-9-6-30-7-9)4-14(35)15(5-27)40-24/h9-22,24-25,30-31,33-38H,1-8,26-29H2,(H,32,39)/t10-,11+,12+,13-,14-,15+,16+,17-,18+,19+,20-,21?,22-,24+,25+/m0/s1. The van der Waals surface area contributed by atoms with E-state index in [0.29, 0.717) is 13.1 Å². The van der Waals surface area contributed by atoms with Crippen LogP contribution >= 0.6 is 0 Å². The van der Waals surface area contributed by atoms with Gasteiger partial charge >= 0.3 is 0 Å². The lowest BCUT2D eigenvalue weighted by Crippen LogP contribution is -2.70. The fraction of sp³-hybridized carbons (Fsp3) is 0.960. The smallest absolute Gasteiger partial charge is 0.249 e. The van der Waals surface area contributed by atoms with E-state index < -0.39 is 104 Å². The van der Waals surface area contributed by atoms with Crippen LogP contribution in [0.2, 0.25) is 0 Å². The number of hydrogen-bond acceptors (Lipinski definition) is 17. The van der Waals surface area contributed by atoms with Crippen molar-refractivity contribution in [1.82, 2.24) is 16.0 Å². The Morgan fingerprint density at radius 1 is 0.930 bits per heavy atom. The highest BCUT2D eigenvalue weighted by Gasteiger charge is 2.51. The summed E-state index contributed by atoms with van der Waals surface area (Å²) in [6.45, 7) is 0.878. The minimum atomic E-state index is -1.57. The molecule has 1 amide bonds. The first-order valence-corrected chi connectivity index (χ1v) is 14.8. The molecule has 17 N–H and O–H groups in total. The van der Waals surface area contributed by atoms with Gasteiger partial charge in [-0.05, 0) is 25.8 Å². The second-order valence-corrected chi connectivity index (χ2v) is 11.8. The molecule has 250 valence electrons. The number of nitrogens with two attached hydrogens (primary N) is 4. The molecule has 0 aromatic rings. The zero-order chi connectivity index (χ0) is 31.4. The molecule has 4 aliphatic rings. The van der Waals surface area contributed by atoms with E-state index in [1.165, 1.54) is 0 Å². The first-order valence-electron chi connectivity index (χ1n) is 14.8. The van der Waals surface area contributed by atoms with Gasteiger partial charge in [0.2, 0.25) is 5.91 Å². The normalized spacial score (nSPS) is 44.9. The van der Waals surface area contributed by atoms with E-state index in [4.69, 9.17) is 41.9 Å². The highest BCUT2D eigenvalue weighted by Crippen LogP contribution is 2.32. The van der Waals surface area contributed by atoms with Crippen molar-refractivity contribution in [3.05, 3.63) is 0 Å². The van der Waals surface area contributed by atoms with Gasteiger partial charge in [-0.15, -0.1) is 0 Å². The molecule has 3 heterocycles. The van der Waals surface area contributed by atoms with Crippen LogP contribution in [0.3, 0.4) is 0 Å². The average Bonchev–Trinajstić information content (AvgIpc) is 2.95. The third kappa shape index (κ3) is 7.98. The van der Waals surface area contributed by atoms with E-state index in [1.54, 1.807) is 0 Å². The van der Waals surface area contributed by atoms with Gasteiger partial charge in [0.25, 0.3) is 0 Å². The minimum absolute atomic E-state index is 0.00525. The van der Waals surface area contributed by atoms with Crippen molar-refractivity contribution in [2.45, 2.75) is 117 Å². The Balaban J connectivity index is 1.55. The van der Waals surface area contributed by atoms with Crippen molar-refractivity contribution < 1.29 is 54.4 Å². The fourth-order valence-electron chi connectivity index (χ4n) is 5.92. The lowest BCUT2D eigenvalue weighted by molar-refractivity contribution is -0.316. The maximum absolute atomic E-state index is 12.7. The van der Waals surface area contributed by atoms with E-state index in [2.05, 4.69) is 16.0 Å². The molecule has 18 heteroatoms. The fourth-order valence-corrected chi connectivity index (χ4v) is 5.92. The summed E-state index contributed by atoms with van der Waals surface area (Å²) in [5.74, 6) is -0.776. The summed E-state index contributed by atoms with van der Waals surface area (Å²) in [6.07, 6.45) is -13.4. The number of aliphatic hydroxyl groups excluding tert-OH is 6. The SMILES string of the molecule is NCC[C@H](O)C(=O)N[C@@H]1C[C@H](N)C(O[C@H]2O[C@H](CN)[C@@H](O)C[C@H]2NC2CNC2)[C@H](O)[C@H]1O[C@H]1O[C@H](CO)[C@@H](O)[C@H](N)[C@H]1O. The van der Waals surface area contributed by atoms with E-state index in [0.717, 1.165) is 0 Å². The molecule has 18 nitrogen and oxygen atoms in total. The Hall–Kier alpha value is -1.17. The predicted octanol–water partition coefficient (Wildman–Crippen LogP) is -7.83. The summed E-state index contributed by atoms with van der Waals surface area (Å²) in [5, 5.41) is 72.1. The third-order valence-corrected chi connectivity index (χ3v) is 8.63. The van der Waals surface area contributed by atoms with Crippen LogP contribution in [0.25, 0.3) is 0 Å². The highest BCUT2D eigenvalue weighted by atomic mass is 16.7. The first-order chi connectivity index (χ1) is 20.5. The lowest BCUT2D eigenvalue weighted by atomic mass is 9.83. The van der Waals surface area contributed by atoms with Crippen molar-refractivity contribution >= 4 is 5.91 Å². The van der Waals surface area contributed by atoms with Gasteiger partial charge in [0, 0.05) is 31.7 Å². The number of aliphatic hydroxyl groups is 6. The van der Waals surface area contributed by atoms with Gasteiger partial charge in [-0.25, -0.2) is 0 Å². The van der Waals surface area contributed by atoms with Crippen LogP contribution in [0, 0.1) is 0 Å². The quantitative estimate of drug-likeness (QED) is 0.0959. The van der Waals surface area contributed by atoms with Crippen LogP contribution < -0.4 is 38.9 Å². The van der Waals surface area contributed by atoms with Crippen molar-refractivity contribution in [1.29, 1.82) is 0 Å². The Morgan fingerprint density at radius 3 is 2.21 bits per heavy atom. The lowest BCUT2D eigenvalue weighted by Gasteiger charge is -2.49. The summed E-state index contributed by atoms with van der Waals surface area (Å²) in [7, 11) is 0. The van der Waals surface area contributed by atoms with E-state index in [-0.39, 0.29) is 38.4 Å². The largest absolute Gasteiger partial charge is 0.394 e. The van der Waals surface area contributed by atoms with Crippen LogP contribution in [-0.4, -0.2) is 167 Å². The second-order valence-electron chi connectivity index (χ2n) is 11.8. The van der Waals surface area contributed by atoms with Gasteiger partial charge in [0.1, 0.15) is 42.7 Å². The molecule has 1 aliphatic carbocycles. The highest BCUT2D eigenvalue weighted by molar-refractivity contribution is 5.80. The van der Waals surface area contributed by atoms with Gasteiger partial charge in [-0.3, -0.25) is 4.79 Å². The molecule has 0 spiro atoms. The van der Waals surface area contributed by atoms with Crippen LogP contribution in [0.15, 0.2) is 0 Å². The number of nitrogens with one attached hydrogen (secondary N) is 3. The van der Waals surface area contributed by atoms with Gasteiger partial charge < -0.3 is 88.5 Å². The summed E-state index contributed by atoms with van der Waals surface area (Å²) in [6, 6.07) is -3.49. The molecule has 1 unspecified atom stereocenters. The first kappa shape index (κ1) is 34.7. The topological polar surface area (TPSA) is 316 Å². The monoisotopic (exact) mass is 623 g/mol. The number of amides is 1. The molecule has 1 saturated carbocycles. The van der Waals surface area contributed by atoms with Crippen LogP contribution in [0.5, 0.6) is 0 Å². The van der Waals surface area contributed by atoms with Gasteiger partial charge in [-0.1, -0.05) is 0 Å². The number of carbonyl (C=O) groups is 1. The van der Waals surface area contributed by atoms with Gasteiger partial charge in [-0.2, -0.15) is 0 Å². The molecular weight excluding hydrogens is 574 g/mol. The summed E-state index contributed by atoms with van der Waals surface area (Å²) < 4.78 is 23.8. The predicted molar refractivity (Wildman–Crippen MR) is 148 cm³/mol. The van der Waals surface area contributed by atoms with E-state index in [9.17, 15) is 35.4 Å². The number of hydrogen-bond donors (Lipinski definition) is 13. The molecule has 43 heavy (non-hydrogen) atoms. The van der Waals surface area contributed by atoms with Crippen molar-refractivity contribution in [2.24, 2.45) is 22.9 Å². The van der Waals surface area contributed by atoms with Gasteiger partial charge in [0.05, 0.1) is 36.9 Å². The maximum Gasteiger partial charge on any atom is 0.249 e. The molecule has 4 fully saturated rings. The Kier molecular flexibility index (Phi) is 12.4. The number of rotatable bonds is 12. The summed E-state index contributed by atoms with van der Waals surface area (Å²) in [5.41, 5.74) is 23.7. The molecule has 3 saturated heterocycles. The minimum Gasteiger partial charge on any atom is -0.394 e. The molecule has 4 rings (SSSR count). The van der Waals surface area contributed by atoms with Crippen LogP contribution in [-0.2, 0) is 23.7 Å². The maximum atomic E-state index is 12.7. The van der Waals surface area contributed by atoms with Crippen molar-refractivity contribution in [2.75, 3.05) is 32.8 Å². The van der Waals surface area contributed by atoms with E-state index >= 15 is 0 Å². The van der Waals surface area contributed by atoms with Crippen LogP contribution in [0.4, 0.5) is 0 Å². The molecule has 0 radical (unpaired) electrons. The third-order valence-electron chi connectivity index (χ3n) is 8.63. The summed E-state index contributed by atoms with van der Waals surface area (Å²) >= 11 is 0. The Bertz CT molecular complexity index is 893. The van der Waals surface area contributed by atoms with Crippen LogP contribution in [0.1, 0.15) is 19.3 Å². The van der Waals surface area contributed by atoms with Crippen molar-refractivity contribution in [3.63, 3.8) is 0 Å². The van der Waals surface area contributed by atoms with Gasteiger partial charge in [0.15, 0.2) is 12.6 Å². The molecule has 15 atom stereocenters. The number of carbonyl (C=O) groups excluding carboxylic acids is 1.